The first-order chi connectivity index (χ1) is 6.43. The van der Waals surface area contributed by atoms with Crippen molar-refractivity contribution in [2.75, 3.05) is 19.0 Å². The van der Waals surface area contributed by atoms with Gasteiger partial charge in [-0.15, -0.1) is 0 Å². The molecule has 0 spiro atoms. The van der Waals surface area contributed by atoms with Gasteiger partial charge in [-0.25, -0.2) is 4.98 Å². The third-order valence-electron chi connectivity index (χ3n) is 1.72. The summed E-state index contributed by atoms with van der Waals surface area (Å²) in [6.45, 7) is 3.81. The standard InChI is InChI=1S/C8H13N3O2S/c1-5(2)6-7(11(12)13)14-8(9-6)10(3)4/h5H,1-4H3. The van der Waals surface area contributed by atoms with E-state index in [2.05, 4.69) is 4.98 Å². The Balaban J connectivity index is 3.19. The van der Waals surface area contributed by atoms with Crippen molar-refractivity contribution in [1.82, 2.24) is 4.98 Å². The summed E-state index contributed by atoms with van der Waals surface area (Å²) in [6, 6.07) is 0. The van der Waals surface area contributed by atoms with E-state index in [1.54, 1.807) is 4.90 Å². The molecule has 1 aromatic heterocycles. The summed E-state index contributed by atoms with van der Waals surface area (Å²) in [5.74, 6) is 0.0837. The molecule has 0 saturated heterocycles. The summed E-state index contributed by atoms with van der Waals surface area (Å²) in [7, 11) is 3.65. The van der Waals surface area contributed by atoms with E-state index in [1.807, 2.05) is 27.9 Å². The molecule has 1 aromatic rings. The van der Waals surface area contributed by atoms with Gasteiger partial charge in [0.2, 0.25) is 0 Å². The minimum absolute atomic E-state index is 0.0837. The largest absolute Gasteiger partial charge is 0.354 e. The zero-order valence-electron chi connectivity index (χ0n) is 8.64. The molecular formula is C8H13N3O2S. The third-order valence-corrected chi connectivity index (χ3v) is 2.91. The van der Waals surface area contributed by atoms with Gasteiger partial charge in [-0.05, 0) is 11.3 Å². The number of rotatable bonds is 3. The van der Waals surface area contributed by atoms with E-state index >= 15 is 0 Å². The van der Waals surface area contributed by atoms with Gasteiger partial charge in [0.1, 0.15) is 5.69 Å². The van der Waals surface area contributed by atoms with E-state index in [1.165, 1.54) is 0 Å². The Kier molecular flexibility index (Phi) is 3.05. The highest BCUT2D eigenvalue weighted by Gasteiger charge is 2.23. The molecule has 1 heterocycles. The molecule has 0 aliphatic heterocycles. The zero-order valence-corrected chi connectivity index (χ0v) is 9.46. The van der Waals surface area contributed by atoms with Crippen molar-refractivity contribution in [3.8, 4) is 0 Å². The second kappa shape index (κ2) is 3.91. The lowest BCUT2D eigenvalue weighted by Gasteiger charge is -2.05. The molecule has 0 aliphatic rings. The first-order valence-electron chi connectivity index (χ1n) is 4.26. The van der Waals surface area contributed by atoms with Gasteiger partial charge in [-0.1, -0.05) is 13.8 Å². The quantitative estimate of drug-likeness (QED) is 0.573. The second-order valence-electron chi connectivity index (χ2n) is 3.49. The molecule has 0 amide bonds. The fraction of sp³-hybridized carbons (Fsp3) is 0.625. The van der Waals surface area contributed by atoms with E-state index in [9.17, 15) is 10.1 Å². The van der Waals surface area contributed by atoms with E-state index in [4.69, 9.17) is 0 Å². The summed E-state index contributed by atoms with van der Waals surface area (Å²) < 4.78 is 0. The zero-order chi connectivity index (χ0) is 10.9. The van der Waals surface area contributed by atoms with Gasteiger partial charge < -0.3 is 4.90 Å². The van der Waals surface area contributed by atoms with E-state index < -0.39 is 0 Å². The topological polar surface area (TPSA) is 59.3 Å². The summed E-state index contributed by atoms with van der Waals surface area (Å²) in [6.07, 6.45) is 0. The summed E-state index contributed by atoms with van der Waals surface area (Å²) >= 11 is 1.12. The minimum atomic E-state index is -0.361. The monoisotopic (exact) mass is 215 g/mol. The number of nitrogens with zero attached hydrogens (tertiary/aromatic N) is 3. The van der Waals surface area contributed by atoms with Crippen LogP contribution in [0.25, 0.3) is 0 Å². The number of hydrogen-bond acceptors (Lipinski definition) is 5. The first kappa shape index (κ1) is 10.9. The van der Waals surface area contributed by atoms with Gasteiger partial charge in [-0.3, -0.25) is 10.1 Å². The highest BCUT2D eigenvalue weighted by molar-refractivity contribution is 7.18. The Morgan fingerprint density at radius 3 is 2.36 bits per heavy atom. The molecule has 0 unspecified atom stereocenters. The van der Waals surface area contributed by atoms with E-state index in [0.717, 1.165) is 11.3 Å². The van der Waals surface area contributed by atoms with Gasteiger partial charge in [0.25, 0.3) is 0 Å². The van der Waals surface area contributed by atoms with Crippen molar-refractivity contribution in [2.45, 2.75) is 19.8 Å². The number of anilines is 1. The Morgan fingerprint density at radius 1 is 1.50 bits per heavy atom. The van der Waals surface area contributed by atoms with Crippen LogP contribution >= 0.6 is 11.3 Å². The lowest BCUT2D eigenvalue weighted by Crippen LogP contribution is -2.08. The normalized spacial score (nSPS) is 10.6. The summed E-state index contributed by atoms with van der Waals surface area (Å²) in [4.78, 5) is 16.4. The number of thiazole rings is 1. The van der Waals surface area contributed by atoms with Crippen LogP contribution < -0.4 is 4.90 Å². The average molecular weight is 215 g/mol. The molecule has 0 fully saturated rings. The highest BCUT2D eigenvalue weighted by atomic mass is 32.1. The lowest BCUT2D eigenvalue weighted by molar-refractivity contribution is -0.381. The Bertz CT molecular complexity index is 346. The van der Waals surface area contributed by atoms with Crippen LogP contribution in [0.2, 0.25) is 0 Å². The smallest absolute Gasteiger partial charge is 0.349 e. The van der Waals surface area contributed by atoms with Crippen molar-refractivity contribution in [3.05, 3.63) is 15.8 Å². The maximum Gasteiger partial charge on any atom is 0.349 e. The molecular weight excluding hydrogens is 202 g/mol. The van der Waals surface area contributed by atoms with Crippen LogP contribution in [0.1, 0.15) is 25.5 Å². The molecule has 78 valence electrons. The fourth-order valence-electron chi connectivity index (χ4n) is 1.01. The fourth-order valence-corrected chi connectivity index (χ4v) is 1.97. The summed E-state index contributed by atoms with van der Waals surface area (Å²) in [5, 5.41) is 11.6. The minimum Gasteiger partial charge on any atom is -0.354 e. The van der Waals surface area contributed by atoms with E-state index in [0.29, 0.717) is 10.8 Å². The van der Waals surface area contributed by atoms with Gasteiger partial charge >= 0.3 is 5.00 Å². The molecule has 0 aliphatic carbocycles. The van der Waals surface area contributed by atoms with Crippen LogP contribution in [-0.4, -0.2) is 24.0 Å². The Hall–Kier alpha value is -1.17. The van der Waals surface area contributed by atoms with Gasteiger partial charge in [0.15, 0.2) is 5.13 Å². The molecule has 0 bridgehead atoms. The number of aromatic nitrogens is 1. The maximum absolute atomic E-state index is 10.7. The lowest BCUT2D eigenvalue weighted by atomic mass is 10.1. The van der Waals surface area contributed by atoms with Gasteiger partial charge in [-0.2, -0.15) is 0 Å². The van der Waals surface area contributed by atoms with Crippen LogP contribution in [-0.2, 0) is 0 Å². The van der Waals surface area contributed by atoms with Crippen LogP contribution in [0.3, 0.4) is 0 Å². The Labute approximate surface area is 86.5 Å². The van der Waals surface area contributed by atoms with Crippen molar-refractivity contribution >= 4 is 21.5 Å². The molecule has 0 N–H and O–H groups in total. The van der Waals surface area contributed by atoms with Crippen LogP contribution in [0.4, 0.5) is 10.1 Å². The van der Waals surface area contributed by atoms with Crippen LogP contribution in [0, 0.1) is 10.1 Å². The molecule has 6 heteroatoms. The third kappa shape index (κ3) is 2.01. The van der Waals surface area contributed by atoms with Crippen molar-refractivity contribution < 1.29 is 4.92 Å². The predicted molar refractivity (Wildman–Crippen MR) is 57.2 cm³/mol. The van der Waals surface area contributed by atoms with Gasteiger partial charge in [0.05, 0.1) is 4.92 Å². The SMILES string of the molecule is CC(C)c1nc(N(C)C)sc1[N+](=O)[O-]. The molecule has 0 saturated carbocycles. The average Bonchev–Trinajstić information content (AvgIpc) is 2.47. The molecule has 1 rings (SSSR count). The van der Waals surface area contributed by atoms with Crippen molar-refractivity contribution in [3.63, 3.8) is 0 Å². The van der Waals surface area contributed by atoms with Gasteiger partial charge in [0, 0.05) is 20.0 Å². The second-order valence-corrected chi connectivity index (χ2v) is 4.45. The maximum atomic E-state index is 10.7. The predicted octanol–water partition coefficient (Wildman–Crippen LogP) is 2.24. The summed E-state index contributed by atoms with van der Waals surface area (Å²) in [5.41, 5.74) is 0.573. The van der Waals surface area contributed by atoms with Crippen molar-refractivity contribution in [2.24, 2.45) is 0 Å². The molecule has 5 nitrogen and oxygen atoms in total. The molecule has 0 aromatic carbocycles. The number of hydrogen-bond donors (Lipinski definition) is 0. The van der Waals surface area contributed by atoms with E-state index in [-0.39, 0.29) is 15.8 Å². The highest BCUT2D eigenvalue weighted by Crippen LogP contribution is 2.35. The van der Waals surface area contributed by atoms with Crippen LogP contribution in [0.15, 0.2) is 0 Å². The molecule has 0 radical (unpaired) electrons. The van der Waals surface area contributed by atoms with Crippen LogP contribution in [0.5, 0.6) is 0 Å². The molecule has 14 heavy (non-hydrogen) atoms. The first-order valence-corrected chi connectivity index (χ1v) is 5.07. The molecule has 0 atom stereocenters. The number of nitro groups is 1. The Morgan fingerprint density at radius 2 is 2.07 bits per heavy atom. The van der Waals surface area contributed by atoms with Crippen molar-refractivity contribution in [1.29, 1.82) is 0 Å².